The van der Waals surface area contributed by atoms with Crippen LogP contribution < -0.4 is 0 Å². The lowest BCUT2D eigenvalue weighted by Gasteiger charge is -2.17. The molecule has 0 radical (unpaired) electrons. The molecule has 0 aromatic carbocycles. The van der Waals surface area contributed by atoms with Crippen LogP contribution in [-0.4, -0.2) is 24.4 Å². The van der Waals surface area contributed by atoms with Crippen molar-refractivity contribution in [3.63, 3.8) is 0 Å². The second-order valence-corrected chi connectivity index (χ2v) is 7.16. The molecular weight excluding hydrogens is 306 g/mol. The molecule has 2 nitrogen and oxygen atoms in total. The van der Waals surface area contributed by atoms with Gasteiger partial charge < -0.3 is 4.90 Å². The molecule has 0 aromatic heterocycles. The Morgan fingerprint density at radius 3 is 1.40 bits per heavy atom. The van der Waals surface area contributed by atoms with Gasteiger partial charge in [0.1, 0.15) is 0 Å². The van der Waals surface area contributed by atoms with Gasteiger partial charge >= 0.3 is 0 Å². The van der Waals surface area contributed by atoms with Gasteiger partial charge in [0, 0.05) is 20.0 Å². The maximum Gasteiger partial charge on any atom is 0.222 e. The number of rotatable bonds is 17. The average Bonchev–Trinajstić information content (AvgIpc) is 2.64. The Morgan fingerprint density at radius 1 is 0.600 bits per heavy atom. The van der Waals surface area contributed by atoms with Crippen molar-refractivity contribution in [2.75, 3.05) is 13.6 Å². The molecule has 0 saturated heterocycles. The molecule has 0 aromatic rings. The van der Waals surface area contributed by atoms with Crippen LogP contribution in [-0.2, 0) is 4.79 Å². The molecule has 0 unspecified atom stereocenters. The van der Waals surface area contributed by atoms with Crippen LogP contribution in [0.5, 0.6) is 0 Å². The van der Waals surface area contributed by atoms with E-state index in [1.54, 1.807) is 0 Å². The van der Waals surface area contributed by atoms with Crippen molar-refractivity contribution >= 4 is 5.91 Å². The predicted octanol–water partition coefficient (Wildman–Crippen LogP) is 7.75. The van der Waals surface area contributed by atoms with E-state index >= 15 is 0 Å². The van der Waals surface area contributed by atoms with Gasteiger partial charge in [-0.15, -0.1) is 0 Å². The second kappa shape index (κ2) is 23.5. The average molecular weight is 356 g/mol. The fraction of sp³-hybridized carbons (Fsp3) is 0.957. The molecule has 0 aliphatic heterocycles. The molecule has 0 aliphatic rings. The molecule has 0 N–H and O–H groups in total. The summed E-state index contributed by atoms with van der Waals surface area (Å²) in [7, 11) is 1.98. The maximum absolute atomic E-state index is 12.0. The summed E-state index contributed by atoms with van der Waals surface area (Å²) in [6.45, 7) is 9.46. The highest BCUT2D eigenvalue weighted by Gasteiger charge is 2.07. The Bertz CT molecular complexity index is 252. The largest absolute Gasteiger partial charge is 0.346 e. The molecule has 0 heterocycles. The quantitative estimate of drug-likeness (QED) is 0.244. The molecule has 0 spiro atoms. The number of nitrogens with zero attached hydrogens (tertiary/aromatic N) is 1. The molecule has 0 atom stereocenters. The normalized spacial score (nSPS) is 10.3. The number of unbranched alkanes of at least 4 members (excludes halogenated alkanes) is 13. The lowest BCUT2D eigenvalue weighted by Crippen LogP contribution is -2.27. The minimum absolute atomic E-state index is 0.349. The van der Waals surface area contributed by atoms with Crippen molar-refractivity contribution < 1.29 is 4.79 Å². The zero-order valence-corrected chi connectivity index (χ0v) is 18.4. The maximum atomic E-state index is 12.0. The van der Waals surface area contributed by atoms with Gasteiger partial charge in [0.15, 0.2) is 0 Å². The van der Waals surface area contributed by atoms with Gasteiger partial charge in [-0.25, -0.2) is 0 Å². The van der Waals surface area contributed by atoms with Gasteiger partial charge in [-0.05, 0) is 12.8 Å². The Kier molecular flexibility index (Phi) is 25.1. The van der Waals surface area contributed by atoms with Crippen LogP contribution in [0.25, 0.3) is 0 Å². The monoisotopic (exact) mass is 355 g/mol. The Hall–Kier alpha value is -0.530. The number of carbonyl (C=O) groups is 1. The van der Waals surface area contributed by atoms with E-state index in [4.69, 9.17) is 0 Å². The molecule has 0 fully saturated rings. The third kappa shape index (κ3) is 21.4. The van der Waals surface area contributed by atoms with Gasteiger partial charge in [0.05, 0.1) is 0 Å². The summed E-state index contributed by atoms with van der Waals surface area (Å²) in [6, 6.07) is 0. The van der Waals surface area contributed by atoms with E-state index in [2.05, 4.69) is 13.8 Å². The van der Waals surface area contributed by atoms with E-state index in [1.165, 1.54) is 89.9 Å². The summed E-state index contributed by atoms with van der Waals surface area (Å²) in [5, 5.41) is 0. The van der Waals surface area contributed by atoms with E-state index in [1.807, 2.05) is 25.8 Å². The topological polar surface area (TPSA) is 20.3 Å². The van der Waals surface area contributed by atoms with Crippen molar-refractivity contribution in [1.29, 1.82) is 0 Å². The summed E-state index contributed by atoms with van der Waals surface area (Å²) >= 11 is 0. The first kappa shape index (κ1) is 26.7. The summed E-state index contributed by atoms with van der Waals surface area (Å²) in [4.78, 5) is 14.0. The molecule has 25 heavy (non-hydrogen) atoms. The van der Waals surface area contributed by atoms with Gasteiger partial charge in [-0.3, -0.25) is 4.79 Å². The fourth-order valence-electron chi connectivity index (χ4n) is 3.03. The lowest BCUT2D eigenvalue weighted by molar-refractivity contribution is -0.130. The summed E-state index contributed by atoms with van der Waals surface area (Å²) in [5.74, 6) is 0.349. The number of hydrogen-bond acceptors (Lipinski definition) is 1. The summed E-state index contributed by atoms with van der Waals surface area (Å²) < 4.78 is 0. The molecule has 0 bridgehead atoms. The van der Waals surface area contributed by atoms with E-state index < -0.39 is 0 Å². The predicted molar refractivity (Wildman–Crippen MR) is 114 cm³/mol. The standard InChI is InChI=1S/C21H43NO.C2H6/c1-4-6-8-10-12-14-16-18-20-22(3)21(23)19-17-15-13-11-9-7-5-2;1-2/h4-20H2,1-3H3;1-2H3. The number of hydrogen-bond donors (Lipinski definition) is 0. The van der Waals surface area contributed by atoms with Gasteiger partial charge in [0.2, 0.25) is 5.91 Å². The van der Waals surface area contributed by atoms with Gasteiger partial charge in [0.25, 0.3) is 0 Å². The van der Waals surface area contributed by atoms with Crippen LogP contribution in [0.2, 0.25) is 0 Å². The highest BCUT2D eigenvalue weighted by molar-refractivity contribution is 5.75. The zero-order valence-electron chi connectivity index (χ0n) is 18.4. The van der Waals surface area contributed by atoms with Crippen LogP contribution in [0.1, 0.15) is 130 Å². The smallest absolute Gasteiger partial charge is 0.222 e. The van der Waals surface area contributed by atoms with E-state index in [0.29, 0.717) is 5.91 Å². The van der Waals surface area contributed by atoms with Crippen molar-refractivity contribution in [1.82, 2.24) is 4.90 Å². The third-order valence-electron chi connectivity index (χ3n) is 4.77. The Morgan fingerprint density at radius 2 is 0.960 bits per heavy atom. The minimum atomic E-state index is 0.349. The van der Waals surface area contributed by atoms with Crippen LogP contribution in [0.3, 0.4) is 0 Å². The first-order valence-corrected chi connectivity index (χ1v) is 11.5. The first-order valence-electron chi connectivity index (χ1n) is 11.5. The van der Waals surface area contributed by atoms with Gasteiger partial charge in [-0.2, -0.15) is 0 Å². The lowest BCUT2D eigenvalue weighted by atomic mass is 10.1. The third-order valence-corrected chi connectivity index (χ3v) is 4.77. The molecule has 1 amide bonds. The molecule has 0 aliphatic carbocycles. The minimum Gasteiger partial charge on any atom is -0.346 e. The second-order valence-electron chi connectivity index (χ2n) is 7.16. The highest BCUT2D eigenvalue weighted by Crippen LogP contribution is 2.11. The zero-order chi connectivity index (χ0) is 19.2. The van der Waals surface area contributed by atoms with Crippen LogP contribution >= 0.6 is 0 Å². The van der Waals surface area contributed by atoms with E-state index in [0.717, 1.165) is 19.4 Å². The van der Waals surface area contributed by atoms with Crippen molar-refractivity contribution in [2.45, 2.75) is 130 Å². The van der Waals surface area contributed by atoms with Crippen LogP contribution in [0, 0.1) is 0 Å². The Balaban J connectivity index is 0. The number of carbonyl (C=O) groups excluding carboxylic acids is 1. The number of amides is 1. The van der Waals surface area contributed by atoms with Crippen molar-refractivity contribution in [2.24, 2.45) is 0 Å². The van der Waals surface area contributed by atoms with Crippen molar-refractivity contribution in [3.8, 4) is 0 Å². The molecule has 152 valence electrons. The molecule has 0 rings (SSSR count). The van der Waals surface area contributed by atoms with Crippen LogP contribution in [0.15, 0.2) is 0 Å². The summed E-state index contributed by atoms with van der Waals surface area (Å²) in [5.41, 5.74) is 0. The summed E-state index contributed by atoms with van der Waals surface area (Å²) in [6.07, 6.45) is 20.4. The van der Waals surface area contributed by atoms with Crippen LogP contribution in [0.4, 0.5) is 0 Å². The SMILES string of the molecule is CC.CCCCCCCCCCN(C)C(=O)CCCCCCCCC. The van der Waals surface area contributed by atoms with Crippen molar-refractivity contribution in [3.05, 3.63) is 0 Å². The van der Waals surface area contributed by atoms with E-state index in [9.17, 15) is 4.79 Å². The van der Waals surface area contributed by atoms with E-state index in [-0.39, 0.29) is 0 Å². The fourth-order valence-corrected chi connectivity index (χ4v) is 3.03. The highest BCUT2D eigenvalue weighted by atomic mass is 16.2. The molecule has 0 saturated carbocycles. The molecule has 2 heteroatoms. The molecular formula is C23H49NO. The van der Waals surface area contributed by atoms with Gasteiger partial charge in [-0.1, -0.05) is 111 Å². The first-order chi connectivity index (χ1) is 12.2. The Labute approximate surface area is 160 Å².